The molecule has 6 heteroatoms. The van der Waals surface area contributed by atoms with Gasteiger partial charge in [-0.05, 0) is 29.7 Å². The van der Waals surface area contributed by atoms with Crippen LogP contribution in [0.3, 0.4) is 0 Å². The number of carbonyl (C=O) groups is 1. The summed E-state index contributed by atoms with van der Waals surface area (Å²) >= 11 is 1.64. The molecule has 1 saturated heterocycles. The van der Waals surface area contributed by atoms with Gasteiger partial charge in [0.15, 0.2) is 5.13 Å². The highest BCUT2D eigenvalue weighted by atomic mass is 32.1. The van der Waals surface area contributed by atoms with Gasteiger partial charge >= 0.3 is 0 Å². The number of anilines is 1. The lowest BCUT2D eigenvalue weighted by Crippen LogP contribution is -2.37. The molecule has 1 amide bonds. The molecular weight excluding hydrogens is 358 g/mol. The van der Waals surface area contributed by atoms with E-state index in [0.29, 0.717) is 12.8 Å². The molecule has 0 saturated carbocycles. The molecule has 140 valence electrons. The van der Waals surface area contributed by atoms with Crippen LogP contribution in [0.5, 0.6) is 5.75 Å². The Bertz CT molecular complexity index is 926. The molecule has 1 aromatic heterocycles. The SMILES string of the molecule is COc1ccc2ccccc2c1CCC(=O)NC1CCN(c2nccs2)C1. The molecule has 1 atom stereocenters. The maximum absolute atomic E-state index is 12.5. The predicted octanol–water partition coefficient (Wildman–Crippen LogP) is 3.63. The summed E-state index contributed by atoms with van der Waals surface area (Å²) in [4.78, 5) is 19.1. The first-order valence-corrected chi connectivity index (χ1v) is 10.1. The summed E-state index contributed by atoms with van der Waals surface area (Å²) in [5.74, 6) is 0.938. The van der Waals surface area contributed by atoms with E-state index in [9.17, 15) is 4.79 Å². The minimum absolute atomic E-state index is 0.0935. The lowest BCUT2D eigenvalue weighted by atomic mass is 9.99. The van der Waals surface area contributed by atoms with E-state index in [0.717, 1.165) is 41.3 Å². The van der Waals surface area contributed by atoms with Crippen LogP contribution >= 0.6 is 11.3 Å². The van der Waals surface area contributed by atoms with Crippen molar-refractivity contribution in [2.75, 3.05) is 25.1 Å². The summed E-state index contributed by atoms with van der Waals surface area (Å²) in [6.45, 7) is 1.77. The number of methoxy groups -OCH3 is 1. The zero-order valence-electron chi connectivity index (χ0n) is 15.4. The fraction of sp³-hybridized carbons (Fsp3) is 0.333. The van der Waals surface area contributed by atoms with Crippen LogP contribution < -0.4 is 15.0 Å². The molecule has 0 radical (unpaired) electrons. The largest absolute Gasteiger partial charge is 0.496 e. The highest BCUT2D eigenvalue weighted by Crippen LogP contribution is 2.29. The number of hydrogen-bond acceptors (Lipinski definition) is 5. The Hall–Kier alpha value is -2.60. The molecule has 0 aliphatic carbocycles. The normalized spacial score (nSPS) is 16.6. The standard InChI is InChI=1S/C21H23N3O2S/c1-26-19-8-6-15-4-2-3-5-17(15)18(19)7-9-20(25)23-16-10-12-24(14-16)21-22-11-13-27-21/h2-6,8,11,13,16H,7,9-10,12,14H2,1H3,(H,23,25). The molecule has 1 N–H and O–H groups in total. The van der Waals surface area contributed by atoms with Crippen molar-refractivity contribution in [2.24, 2.45) is 0 Å². The molecule has 1 unspecified atom stereocenters. The van der Waals surface area contributed by atoms with E-state index in [4.69, 9.17) is 4.74 Å². The number of nitrogens with zero attached hydrogens (tertiary/aromatic N) is 2. The van der Waals surface area contributed by atoms with Gasteiger partial charge in [-0.25, -0.2) is 4.98 Å². The van der Waals surface area contributed by atoms with Crippen LogP contribution in [-0.2, 0) is 11.2 Å². The van der Waals surface area contributed by atoms with Crippen molar-refractivity contribution in [2.45, 2.75) is 25.3 Å². The van der Waals surface area contributed by atoms with Crippen molar-refractivity contribution in [3.8, 4) is 5.75 Å². The van der Waals surface area contributed by atoms with Gasteiger partial charge in [0.05, 0.1) is 7.11 Å². The Balaban J connectivity index is 1.38. The summed E-state index contributed by atoms with van der Waals surface area (Å²) in [6, 6.07) is 12.5. The number of hydrogen-bond donors (Lipinski definition) is 1. The van der Waals surface area contributed by atoms with Crippen LogP contribution in [0.2, 0.25) is 0 Å². The Morgan fingerprint density at radius 2 is 2.22 bits per heavy atom. The third-order valence-electron chi connectivity index (χ3n) is 5.06. The second-order valence-corrected chi connectivity index (χ2v) is 7.65. The summed E-state index contributed by atoms with van der Waals surface area (Å²) in [6.07, 6.45) is 3.91. The molecule has 2 aromatic carbocycles. The number of thiazole rings is 1. The van der Waals surface area contributed by atoms with E-state index < -0.39 is 0 Å². The van der Waals surface area contributed by atoms with Crippen molar-refractivity contribution in [1.82, 2.24) is 10.3 Å². The lowest BCUT2D eigenvalue weighted by molar-refractivity contribution is -0.121. The Labute approximate surface area is 163 Å². The van der Waals surface area contributed by atoms with Crippen molar-refractivity contribution < 1.29 is 9.53 Å². The van der Waals surface area contributed by atoms with E-state index in [1.54, 1.807) is 18.4 Å². The van der Waals surface area contributed by atoms with Gasteiger partial charge in [0.2, 0.25) is 5.91 Å². The second-order valence-electron chi connectivity index (χ2n) is 6.78. The van der Waals surface area contributed by atoms with Gasteiger partial charge in [-0.15, -0.1) is 11.3 Å². The number of nitrogens with one attached hydrogen (secondary N) is 1. The number of rotatable bonds is 6. The topological polar surface area (TPSA) is 54.5 Å². The quantitative estimate of drug-likeness (QED) is 0.708. The summed E-state index contributed by atoms with van der Waals surface area (Å²) in [5, 5.41) is 8.52. The first-order valence-electron chi connectivity index (χ1n) is 9.23. The van der Waals surface area contributed by atoms with Crippen LogP contribution in [-0.4, -0.2) is 37.1 Å². The highest BCUT2D eigenvalue weighted by Gasteiger charge is 2.25. The Kier molecular flexibility index (Phi) is 5.25. The van der Waals surface area contributed by atoms with Crippen molar-refractivity contribution in [3.63, 3.8) is 0 Å². The number of ether oxygens (including phenoxy) is 1. The fourth-order valence-corrected chi connectivity index (χ4v) is 4.41. The molecule has 5 nitrogen and oxygen atoms in total. The van der Waals surface area contributed by atoms with Gasteiger partial charge in [-0.1, -0.05) is 30.3 Å². The molecule has 1 aliphatic rings. The molecule has 0 bridgehead atoms. The Morgan fingerprint density at radius 3 is 3.04 bits per heavy atom. The fourth-order valence-electron chi connectivity index (χ4n) is 3.73. The molecular formula is C21H23N3O2S. The maximum Gasteiger partial charge on any atom is 0.220 e. The van der Waals surface area contributed by atoms with E-state index in [2.05, 4.69) is 33.4 Å². The lowest BCUT2D eigenvalue weighted by Gasteiger charge is -2.16. The summed E-state index contributed by atoms with van der Waals surface area (Å²) in [7, 11) is 1.68. The first-order chi connectivity index (χ1) is 13.2. The molecule has 4 rings (SSSR count). The van der Waals surface area contributed by atoms with Gasteiger partial charge < -0.3 is 15.0 Å². The van der Waals surface area contributed by atoms with Crippen molar-refractivity contribution in [3.05, 3.63) is 53.5 Å². The smallest absolute Gasteiger partial charge is 0.220 e. The minimum Gasteiger partial charge on any atom is -0.496 e. The number of aromatic nitrogens is 1. The first kappa shape index (κ1) is 17.8. The number of aryl methyl sites for hydroxylation is 1. The number of benzene rings is 2. The van der Waals surface area contributed by atoms with Gasteiger partial charge in [-0.3, -0.25) is 4.79 Å². The number of amides is 1. The van der Waals surface area contributed by atoms with Gasteiger partial charge in [0, 0.05) is 42.7 Å². The minimum atomic E-state index is 0.0935. The number of fused-ring (bicyclic) bond motifs is 1. The monoisotopic (exact) mass is 381 g/mol. The molecule has 1 aliphatic heterocycles. The molecule has 2 heterocycles. The molecule has 27 heavy (non-hydrogen) atoms. The number of carbonyl (C=O) groups excluding carboxylic acids is 1. The Morgan fingerprint density at radius 1 is 1.33 bits per heavy atom. The third kappa shape index (κ3) is 3.90. The zero-order chi connectivity index (χ0) is 18.6. The zero-order valence-corrected chi connectivity index (χ0v) is 16.2. The summed E-state index contributed by atoms with van der Waals surface area (Å²) in [5.41, 5.74) is 1.10. The average Bonchev–Trinajstić information content (AvgIpc) is 3.37. The van der Waals surface area contributed by atoms with Crippen molar-refractivity contribution >= 4 is 33.1 Å². The molecule has 3 aromatic rings. The van der Waals surface area contributed by atoms with E-state index >= 15 is 0 Å². The van der Waals surface area contributed by atoms with E-state index in [1.807, 2.05) is 29.8 Å². The molecule has 0 spiro atoms. The van der Waals surface area contributed by atoms with Crippen LogP contribution in [0.15, 0.2) is 48.0 Å². The van der Waals surface area contributed by atoms with Gasteiger partial charge in [0.25, 0.3) is 0 Å². The van der Waals surface area contributed by atoms with Gasteiger partial charge in [0.1, 0.15) is 5.75 Å². The van der Waals surface area contributed by atoms with Crippen LogP contribution in [0, 0.1) is 0 Å². The predicted molar refractivity (Wildman–Crippen MR) is 110 cm³/mol. The van der Waals surface area contributed by atoms with Crippen LogP contribution in [0.25, 0.3) is 10.8 Å². The van der Waals surface area contributed by atoms with Gasteiger partial charge in [-0.2, -0.15) is 0 Å². The second kappa shape index (κ2) is 7.96. The highest BCUT2D eigenvalue weighted by molar-refractivity contribution is 7.13. The van der Waals surface area contributed by atoms with Crippen molar-refractivity contribution in [1.29, 1.82) is 0 Å². The molecule has 1 fully saturated rings. The maximum atomic E-state index is 12.5. The van der Waals surface area contributed by atoms with Crippen LogP contribution in [0.1, 0.15) is 18.4 Å². The average molecular weight is 382 g/mol. The van der Waals surface area contributed by atoms with E-state index in [1.165, 1.54) is 5.39 Å². The summed E-state index contributed by atoms with van der Waals surface area (Å²) < 4.78 is 5.53. The third-order valence-corrected chi connectivity index (χ3v) is 5.89. The van der Waals surface area contributed by atoms with Crippen LogP contribution in [0.4, 0.5) is 5.13 Å². The van der Waals surface area contributed by atoms with E-state index in [-0.39, 0.29) is 11.9 Å².